The van der Waals surface area contributed by atoms with Crippen molar-refractivity contribution in [2.24, 2.45) is 5.92 Å². The number of anilines is 1. The molecule has 0 saturated carbocycles. The molecule has 1 unspecified atom stereocenters. The second-order valence-electron chi connectivity index (χ2n) is 4.58. The van der Waals surface area contributed by atoms with Gasteiger partial charge >= 0.3 is 17.8 Å². The van der Waals surface area contributed by atoms with Gasteiger partial charge in [0.1, 0.15) is 17.6 Å². The lowest BCUT2D eigenvalue weighted by atomic mass is 10.1. The van der Waals surface area contributed by atoms with Crippen LogP contribution in [-0.2, 0) is 11.0 Å². The molecule has 0 aliphatic carbocycles. The number of hydrogen-bond acceptors (Lipinski definition) is 5. The number of pyridine rings is 1. The molecule has 0 amide bonds. The van der Waals surface area contributed by atoms with Crippen LogP contribution in [0, 0.1) is 16.0 Å². The third-order valence-electron chi connectivity index (χ3n) is 3.23. The number of carboxylic acid groups (broad SMARTS) is 1. The number of aliphatic carboxylic acids is 1. The Morgan fingerprint density at radius 2 is 2.19 bits per heavy atom. The molecule has 1 N–H and O–H groups in total. The first-order valence-corrected chi connectivity index (χ1v) is 5.89. The van der Waals surface area contributed by atoms with E-state index < -0.39 is 34.4 Å². The molecule has 0 bridgehead atoms. The summed E-state index contributed by atoms with van der Waals surface area (Å²) in [6, 6.07) is 0.586. The minimum Gasteiger partial charge on any atom is -0.481 e. The predicted octanol–water partition coefficient (Wildman–Crippen LogP) is 1.92. The van der Waals surface area contributed by atoms with Crippen molar-refractivity contribution in [2.45, 2.75) is 12.6 Å². The van der Waals surface area contributed by atoms with Crippen LogP contribution in [-0.4, -0.2) is 34.1 Å². The monoisotopic (exact) mass is 305 g/mol. The SMILES string of the molecule is O=C(O)C1CCN(c2cc(C(F)(F)F)ncc2[N+](=O)[O-])C1. The van der Waals surface area contributed by atoms with Gasteiger partial charge in [-0.15, -0.1) is 0 Å². The largest absolute Gasteiger partial charge is 0.481 e. The lowest BCUT2D eigenvalue weighted by molar-refractivity contribution is -0.384. The van der Waals surface area contributed by atoms with Gasteiger partial charge in [0.15, 0.2) is 0 Å². The van der Waals surface area contributed by atoms with Crippen LogP contribution in [0.1, 0.15) is 12.1 Å². The van der Waals surface area contributed by atoms with Gasteiger partial charge in [-0.2, -0.15) is 13.2 Å². The van der Waals surface area contributed by atoms with Crippen LogP contribution in [0.5, 0.6) is 0 Å². The van der Waals surface area contributed by atoms with E-state index in [0.717, 1.165) is 0 Å². The number of aromatic nitrogens is 1. The second kappa shape index (κ2) is 5.19. The van der Waals surface area contributed by atoms with Gasteiger partial charge in [-0.05, 0) is 12.5 Å². The number of carbonyl (C=O) groups is 1. The Hall–Kier alpha value is -2.39. The summed E-state index contributed by atoms with van der Waals surface area (Å²) in [6.45, 7) is 0.0661. The zero-order valence-electron chi connectivity index (χ0n) is 10.5. The van der Waals surface area contributed by atoms with E-state index in [1.54, 1.807) is 0 Å². The third kappa shape index (κ3) is 3.03. The summed E-state index contributed by atoms with van der Waals surface area (Å²) in [4.78, 5) is 25.2. The van der Waals surface area contributed by atoms with Crippen molar-refractivity contribution in [1.29, 1.82) is 0 Å². The molecule has 2 rings (SSSR count). The van der Waals surface area contributed by atoms with Crippen molar-refractivity contribution in [3.63, 3.8) is 0 Å². The van der Waals surface area contributed by atoms with Crippen molar-refractivity contribution < 1.29 is 28.0 Å². The molecular formula is C11H10F3N3O4. The summed E-state index contributed by atoms with van der Waals surface area (Å²) in [7, 11) is 0. The Morgan fingerprint density at radius 3 is 2.67 bits per heavy atom. The normalized spacial score (nSPS) is 18.8. The van der Waals surface area contributed by atoms with Gasteiger partial charge in [0, 0.05) is 13.1 Å². The van der Waals surface area contributed by atoms with Crippen molar-refractivity contribution >= 4 is 17.3 Å². The Kier molecular flexibility index (Phi) is 3.71. The summed E-state index contributed by atoms with van der Waals surface area (Å²) in [5.74, 6) is -1.84. The highest BCUT2D eigenvalue weighted by Gasteiger charge is 2.37. The van der Waals surface area contributed by atoms with Gasteiger partial charge < -0.3 is 10.0 Å². The summed E-state index contributed by atoms with van der Waals surface area (Å²) < 4.78 is 37.9. The van der Waals surface area contributed by atoms with E-state index in [-0.39, 0.29) is 25.2 Å². The molecule has 21 heavy (non-hydrogen) atoms. The summed E-state index contributed by atoms with van der Waals surface area (Å²) in [5.41, 5.74) is -2.08. The average molecular weight is 305 g/mol. The van der Waals surface area contributed by atoms with Gasteiger partial charge in [0.25, 0.3) is 0 Å². The number of nitro groups is 1. The van der Waals surface area contributed by atoms with E-state index >= 15 is 0 Å². The first kappa shape index (κ1) is 15.0. The van der Waals surface area contributed by atoms with E-state index in [1.165, 1.54) is 4.90 Å². The number of alkyl halides is 3. The van der Waals surface area contributed by atoms with E-state index in [2.05, 4.69) is 4.98 Å². The molecule has 114 valence electrons. The van der Waals surface area contributed by atoms with Crippen LogP contribution >= 0.6 is 0 Å². The molecule has 7 nitrogen and oxygen atoms in total. The second-order valence-corrected chi connectivity index (χ2v) is 4.58. The fourth-order valence-corrected chi connectivity index (χ4v) is 2.17. The molecule has 0 radical (unpaired) electrons. The average Bonchev–Trinajstić information content (AvgIpc) is 2.86. The lowest BCUT2D eigenvalue weighted by Crippen LogP contribution is -2.24. The van der Waals surface area contributed by atoms with Gasteiger partial charge in [-0.25, -0.2) is 4.98 Å². The lowest BCUT2D eigenvalue weighted by Gasteiger charge is -2.19. The molecule has 1 saturated heterocycles. The minimum atomic E-state index is -4.73. The van der Waals surface area contributed by atoms with Crippen molar-refractivity contribution in [3.8, 4) is 0 Å². The van der Waals surface area contributed by atoms with E-state index in [9.17, 15) is 28.1 Å². The molecule has 2 heterocycles. The van der Waals surface area contributed by atoms with E-state index in [4.69, 9.17) is 5.11 Å². The highest BCUT2D eigenvalue weighted by atomic mass is 19.4. The molecule has 1 aliphatic rings. The first-order valence-electron chi connectivity index (χ1n) is 5.89. The summed E-state index contributed by atoms with van der Waals surface area (Å²) >= 11 is 0. The maximum atomic E-state index is 12.6. The van der Waals surface area contributed by atoms with Gasteiger partial charge in [0.05, 0.1) is 10.8 Å². The van der Waals surface area contributed by atoms with Gasteiger partial charge in [0.2, 0.25) is 0 Å². The van der Waals surface area contributed by atoms with Crippen LogP contribution in [0.4, 0.5) is 24.5 Å². The molecule has 1 fully saturated rings. The van der Waals surface area contributed by atoms with Gasteiger partial charge in [-0.1, -0.05) is 0 Å². The van der Waals surface area contributed by atoms with Crippen LogP contribution < -0.4 is 4.90 Å². The Morgan fingerprint density at radius 1 is 1.52 bits per heavy atom. The van der Waals surface area contributed by atoms with Crippen molar-refractivity contribution in [1.82, 2.24) is 4.98 Å². The molecular weight excluding hydrogens is 295 g/mol. The van der Waals surface area contributed by atoms with Crippen LogP contribution in [0.2, 0.25) is 0 Å². The maximum absolute atomic E-state index is 12.6. The third-order valence-corrected chi connectivity index (χ3v) is 3.23. The minimum absolute atomic E-state index is 0.0719. The molecule has 0 aromatic carbocycles. The van der Waals surface area contributed by atoms with Crippen LogP contribution in [0.15, 0.2) is 12.3 Å². The number of carboxylic acids is 1. The molecule has 1 atom stereocenters. The molecule has 10 heteroatoms. The standard InChI is InChI=1S/C11H10F3N3O4/c12-11(13,14)9-3-7(8(4-15-9)17(20)21)16-2-1-6(5-16)10(18)19/h3-4,6H,1-2,5H2,(H,18,19). The highest BCUT2D eigenvalue weighted by molar-refractivity contribution is 5.73. The predicted molar refractivity (Wildman–Crippen MR) is 63.8 cm³/mol. The Bertz CT molecular complexity index is 591. The molecule has 1 aliphatic heterocycles. The summed E-state index contributed by atoms with van der Waals surface area (Å²) in [5, 5.41) is 19.8. The summed E-state index contributed by atoms with van der Waals surface area (Å²) in [6.07, 6.45) is -3.96. The Balaban J connectivity index is 2.40. The van der Waals surface area contributed by atoms with Crippen LogP contribution in [0.25, 0.3) is 0 Å². The smallest absolute Gasteiger partial charge is 0.433 e. The maximum Gasteiger partial charge on any atom is 0.433 e. The fraction of sp³-hybridized carbons (Fsp3) is 0.455. The van der Waals surface area contributed by atoms with E-state index in [0.29, 0.717) is 12.3 Å². The number of rotatable bonds is 3. The highest BCUT2D eigenvalue weighted by Crippen LogP contribution is 2.36. The number of nitrogens with zero attached hydrogens (tertiary/aromatic N) is 3. The van der Waals surface area contributed by atoms with Crippen molar-refractivity contribution in [3.05, 3.63) is 28.1 Å². The topological polar surface area (TPSA) is 96.6 Å². The Labute approximate surface area is 116 Å². The van der Waals surface area contributed by atoms with Crippen LogP contribution in [0.3, 0.4) is 0 Å². The quantitative estimate of drug-likeness (QED) is 0.677. The number of halogens is 3. The van der Waals surface area contributed by atoms with Crippen molar-refractivity contribution in [2.75, 3.05) is 18.0 Å². The molecule has 1 aromatic heterocycles. The van der Waals surface area contributed by atoms with Gasteiger partial charge in [-0.3, -0.25) is 14.9 Å². The zero-order chi connectivity index (χ0) is 15.8. The van der Waals surface area contributed by atoms with E-state index in [1.807, 2.05) is 0 Å². The molecule has 0 spiro atoms. The zero-order valence-corrected chi connectivity index (χ0v) is 10.5. The number of hydrogen-bond donors (Lipinski definition) is 1. The molecule has 1 aromatic rings. The fourth-order valence-electron chi connectivity index (χ4n) is 2.17. The first-order chi connectivity index (χ1) is 9.70.